The van der Waals surface area contributed by atoms with Crippen molar-refractivity contribution in [3.05, 3.63) is 69.6 Å². The van der Waals surface area contributed by atoms with E-state index in [1.165, 1.54) is 36.4 Å². The molecule has 0 aliphatic carbocycles. The van der Waals surface area contributed by atoms with Crippen LogP contribution in [0.1, 0.15) is 11.1 Å². The van der Waals surface area contributed by atoms with E-state index in [9.17, 15) is 23.9 Å². The van der Waals surface area contributed by atoms with Crippen molar-refractivity contribution in [3.63, 3.8) is 0 Å². The van der Waals surface area contributed by atoms with Crippen LogP contribution >= 0.6 is 15.9 Å². The Bertz CT molecular complexity index is 975. The third-order valence-electron chi connectivity index (χ3n) is 3.83. The second-order valence-electron chi connectivity index (χ2n) is 5.85. The molecule has 1 heterocycles. The maximum atomic E-state index is 13.0. The minimum absolute atomic E-state index is 0.00325. The third-order valence-corrected chi connectivity index (χ3v) is 4.33. The molecule has 144 valence electrons. The maximum Gasteiger partial charge on any atom is 0.329 e. The predicted octanol–water partition coefficient (Wildman–Crippen LogP) is 1.81. The van der Waals surface area contributed by atoms with Crippen molar-refractivity contribution in [1.29, 1.82) is 0 Å². The topological polar surface area (TPSA) is 98.8 Å². The average molecular weight is 448 g/mol. The molecule has 3 rings (SSSR count). The van der Waals surface area contributed by atoms with Crippen LogP contribution in [-0.4, -0.2) is 29.4 Å². The quantitative estimate of drug-likeness (QED) is 0.537. The van der Waals surface area contributed by atoms with Gasteiger partial charge >= 0.3 is 6.03 Å². The molecule has 1 aliphatic heterocycles. The fourth-order valence-corrected chi connectivity index (χ4v) is 2.92. The van der Waals surface area contributed by atoms with E-state index in [1.54, 1.807) is 12.1 Å². The monoisotopic (exact) mass is 447 g/mol. The summed E-state index contributed by atoms with van der Waals surface area (Å²) in [7, 11) is 0. The largest absolute Gasteiger partial charge is 0.546 e. The molecule has 0 radical (unpaired) electrons. The summed E-state index contributed by atoms with van der Waals surface area (Å²) in [6.07, 6.45) is 1.39. The zero-order chi connectivity index (χ0) is 20.3. The van der Waals surface area contributed by atoms with Crippen LogP contribution < -0.4 is 15.2 Å². The van der Waals surface area contributed by atoms with Crippen molar-refractivity contribution in [1.82, 2.24) is 10.2 Å². The van der Waals surface area contributed by atoms with Crippen LogP contribution in [0.15, 0.2) is 52.6 Å². The lowest BCUT2D eigenvalue weighted by Gasteiger charge is -2.12. The molecular formula is C19H13BrFN2O5-. The highest BCUT2D eigenvalue weighted by molar-refractivity contribution is 9.10. The number of halogens is 2. The fourth-order valence-electron chi connectivity index (χ4n) is 2.54. The number of rotatable bonds is 6. The number of hydrogen-bond donors (Lipinski definition) is 1. The Morgan fingerprint density at radius 2 is 1.93 bits per heavy atom. The van der Waals surface area contributed by atoms with Crippen molar-refractivity contribution < 1.29 is 28.6 Å². The maximum absolute atomic E-state index is 13.0. The molecule has 1 saturated heterocycles. The van der Waals surface area contributed by atoms with E-state index in [1.807, 2.05) is 0 Å². The van der Waals surface area contributed by atoms with Gasteiger partial charge < -0.3 is 20.0 Å². The van der Waals surface area contributed by atoms with Crippen molar-refractivity contribution in [2.24, 2.45) is 0 Å². The number of carboxylic acids is 1. The van der Waals surface area contributed by atoms with Gasteiger partial charge in [-0.15, -0.1) is 0 Å². The van der Waals surface area contributed by atoms with Gasteiger partial charge in [0.2, 0.25) is 0 Å². The summed E-state index contributed by atoms with van der Waals surface area (Å²) in [4.78, 5) is 36.4. The van der Waals surface area contributed by atoms with E-state index in [0.717, 1.165) is 4.90 Å². The zero-order valence-electron chi connectivity index (χ0n) is 14.3. The molecule has 3 amide bonds. The van der Waals surface area contributed by atoms with Crippen LogP contribution in [0, 0.1) is 5.82 Å². The summed E-state index contributed by atoms with van der Waals surface area (Å²) in [6.45, 7) is -0.677. The van der Waals surface area contributed by atoms with Gasteiger partial charge in [0.25, 0.3) is 5.91 Å². The number of imide groups is 1. The lowest BCUT2D eigenvalue weighted by Crippen LogP contribution is -2.30. The molecule has 1 aliphatic rings. The first-order valence-electron chi connectivity index (χ1n) is 8.04. The van der Waals surface area contributed by atoms with E-state index < -0.39 is 30.3 Å². The second-order valence-corrected chi connectivity index (χ2v) is 6.76. The second kappa shape index (κ2) is 8.22. The molecule has 0 saturated carbocycles. The van der Waals surface area contributed by atoms with Crippen LogP contribution in [0.2, 0.25) is 0 Å². The van der Waals surface area contributed by atoms with Crippen LogP contribution in [0.25, 0.3) is 6.08 Å². The summed E-state index contributed by atoms with van der Waals surface area (Å²) in [5.41, 5.74) is 0.984. The van der Waals surface area contributed by atoms with E-state index in [2.05, 4.69) is 21.2 Å². The van der Waals surface area contributed by atoms with Gasteiger partial charge in [-0.2, -0.15) is 0 Å². The highest BCUT2D eigenvalue weighted by Gasteiger charge is 2.33. The van der Waals surface area contributed by atoms with Crippen molar-refractivity contribution in [2.75, 3.05) is 6.61 Å². The Labute approximate surface area is 167 Å². The predicted molar refractivity (Wildman–Crippen MR) is 98.1 cm³/mol. The number of amides is 3. The normalized spacial score (nSPS) is 15.1. The molecule has 1 N–H and O–H groups in total. The minimum atomic E-state index is -1.39. The van der Waals surface area contributed by atoms with Gasteiger partial charge in [-0.3, -0.25) is 9.69 Å². The number of urea groups is 1. The van der Waals surface area contributed by atoms with Gasteiger partial charge in [-0.1, -0.05) is 28.1 Å². The van der Waals surface area contributed by atoms with Gasteiger partial charge in [0, 0.05) is 10.0 Å². The molecule has 0 spiro atoms. The molecule has 1 fully saturated rings. The first-order chi connectivity index (χ1) is 13.3. The minimum Gasteiger partial charge on any atom is -0.546 e. The summed E-state index contributed by atoms with van der Waals surface area (Å²) < 4.78 is 18.8. The number of nitrogens with one attached hydrogen (secondary N) is 1. The summed E-state index contributed by atoms with van der Waals surface area (Å²) in [6, 6.07) is 9.61. The van der Waals surface area contributed by atoms with Crippen LogP contribution in [0.3, 0.4) is 0 Å². The van der Waals surface area contributed by atoms with E-state index in [0.29, 0.717) is 15.6 Å². The fraction of sp³-hybridized carbons (Fsp3) is 0.105. The molecular weight excluding hydrogens is 435 g/mol. The van der Waals surface area contributed by atoms with Crippen molar-refractivity contribution in [2.45, 2.75) is 6.54 Å². The number of carboxylic acid groups (broad SMARTS) is 1. The van der Waals surface area contributed by atoms with Crippen LogP contribution in [0.4, 0.5) is 9.18 Å². The molecule has 0 unspecified atom stereocenters. The van der Waals surface area contributed by atoms with Gasteiger partial charge in [0.15, 0.2) is 0 Å². The standard InChI is InChI=1S/C19H14BrFN2O5/c20-13-3-6-16(28-10-17(24)25)12(7-13)8-15-18(26)23(19(27)22-15)9-11-1-4-14(21)5-2-11/h1-8H,9-10H2,(H,22,27)(H,24,25)/p-1/b15-8-. The van der Waals surface area contributed by atoms with Gasteiger partial charge in [-0.25, -0.2) is 9.18 Å². The Balaban J connectivity index is 1.84. The molecule has 2 aromatic carbocycles. The van der Waals surface area contributed by atoms with Crippen LogP contribution in [0.5, 0.6) is 5.75 Å². The summed E-state index contributed by atoms with van der Waals surface area (Å²) in [5, 5.41) is 13.1. The first-order valence-corrected chi connectivity index (χ1v) is 8.84. The Hall–Kier alpha value is -3.20. The number of carbonyl (C=O) groups is 3. The van der Waals surface area contributed by atoms with E-state index >= 15 is 0 Å². The lowest BCUT2D eigenvalue weighted by molar-refractivity contribution is -0.307. The van der Waals surface area contributed by atoms with E-state index in [-0.39, 0.29) is 18.0 Å². The molecule has 0 atom stereocenters. The zero-order valence-corrected chi connectivity index (χ0v) is 15.9. The molecule has 0 bridgehead atoms. The molecule has 28 heavy (non-hydrogen) atoms. The number of benzene rings is 2. The number of aliphatic carboxylic acids is 1. The number of nitrogens with zero attached hydrogens (tertiary/aromatic N) is 1. The van der Waals surface area contributed by atoms with Crippen molar-refractivity contribution in [3.8, 4) is 5.75 Å². The van der Waals surface area contributed by atoms with Crippen molar-refractivity contribution >= 4 is 39.9 Å². The number of ether oxygens (including phenoxy) is 1. The number of carbonyl (C=O) groups excluding carboxylic acids is 3. The first kappa shape index (κ1) is 19.6. The Morgan fingerprint density at radius 3 is 2.61 bits per heavy atom. The highest BCUT2D eigenvalue weighted by atomic mass is 79.9. The molecule has 0 aromatic heterocycles. The summed E-state index contributed by atoms with van der Waals surface area (Å²) in [5.74, 6) is -2.17. The van der Waals surface area contributed by atoms with Gasteiger partial charge in [-0.05, 0) is 42.0 Å². The highest BCUT2D eigenvalue weighted by Crippen LogP contribution is 2.27. The lowest BCUT2D eigenvalue weighted by atomic mass is 10.1. The Morgan fingerprint density at radius 1 is 1.21 bits per heavy atom. The molecule has 7 nitrogen and oxygen atoms in total. The van der Waals surface area contributed by atoms with E-state index in [4.69, 9.17) is 4.74 Å². The summed E-state index contributed by atoms with van der Waals surface area (Å²) >= 11 is 3.29. The average Bonchev–Trinajstić information content (AvgIpc) is 2.90. The van der Waals surface area contributed by atoms with Gasteiger partial charge in [0.05, 0.1) is 12.5 Å². The molecule has 9 heteroatoms. The smallest absolute Gasteiger partial charge is 0.329 e. The Kier molecular flexibility index (Phi) is 5.74. The number of hydrogen-bond acceptors (Lipinski definition) is 5. The SMILES string of the molecule is O=C([O-])COc1ccc(Br)cc1/C=C1\NC(=O)N(Cc2ccc(F)cc2)C1=O. The van der Waals surface area contributed by atoms with Crippen LogP contribution in [-0.2, 0) is 16.1 Å². The third kappa shape index (κ3) is 4.55. The molecule has 2 aromatic rings. The van der Waals surface area contributed by atoms with Gasteiger partial charge in [0.1, 0.15) is 23.9 Å².